The van der Waals surface area contributed by atoms with E-state index in [0.29, 0.717) is 6.61 Å². The molecule has 0 spiro atoms. The van der Waals surface area contributed by atoms with Crippen LogP contribution < -0.4 is 11.2 Å². The van der Waals surface area contributed by atoms with Gasteiger partial charge in [-0.1, -0.05) is 24.3 Å². The lowest BCUT2D eigenvalue weighted by molar-refractivity contribution is 0.0871. The summed E-state index contributed by atoms with van der Waals surface area (Å²) in [7, 11) is 0. The first kappa shape index (κ1) is 12.0. The number of hydrazone groups is 1. The Labute approximate surface area is 106 Å². The van der Waals surface area contributed by atoms with Crippen LogP contribution in [-0.2, 0) is 11.2 Å². The highest BCUT2D eigenvalue weighted by Gasteiger charge is 2.22. The van der Waals surface area contributed by atoms with Gasteiger partial charge in [0.1, 0.15) is 6.10 Å². The van der Waals surface area contributed by atoms with Gasteiger partial charge in [-0.05, 0) is 36.7 Å². The summed E-state index contributed by atoms with van der Waals surface area (Å²) in [6.07, 6.45) is 0.838. The minimum atomic E-state index is -0.109. The van der Waals surface area contributed by atoms with E-state index in [4.69, 9.17) is 22.7 Å². The average Bonchev–Trinajstić information content (AvgIpc) is 2.35. The molecular formula is C12H15N3OS. The number of hydrogen-bond acceptors (Lipinski definition) is 3. The van der Waals surface area contributed by atoms with Crippen LogP contribution in [0.2, 0.25) is 0 Å². The Kier molecular flexibility index (Phi) is 3.71. The fraction of sp³-hybridized carbons (Fsp3) is 0.333. The van der Waals surface area contributed by atoms with Crippen molar-refractivity contribution in [2.24, 2.45) is 10.8 Å². The van der Waals surface area contributed by atoms with Crippen molar-refractivity contribution in [3.05, 3.63) is 35.4 Å². The summed E-state index contributed by atoms with van der Waals surface area (Å²) in [5, 5.41) is 4.28. The molecule has 4 nitrogen and oxygen atoms in total. The maximum Gasteiger partial charge on any atom is 0.184 e. The topological polar surface area (TPSA) is 59.6 Å². The summed E-state index contributed by atoms with van der Waals surface area (Å²) in [6.45, 7) is 2.61. The highest BCUT2D eigenvalue weighted by molar-refractivity contribution is 7.80. The van der Waals surface area contributed by atoms with Crippen LogP contribution in [0.4, 0.5) is 0 Å². The predicted molar refractivity (Wildman–Crippen MR) is 71.9 cm³/mol. The number of nitrogens with zero attached hydrogens (tertiary/aromatic N) is 1. The van der Waals surface area contributed by atoms with Crippen molar-refractivity contribution in [3.63, 3.8) is 0 Å². The Morgan fingerprint density at radius 3 is 3.06 bits per heavy atom. The first-order valence-electron chi connectivity index (χ1n) is 5.47. The van der Waals surface area contributed by atoms with E-state index in [2.05, 4.69) is 22.7 Å². The van der Waals surface area contributed by atoms with Crippen LogP contribution in [0.1, 0.15) is 24.2 Å². The van der Waals surface area contributed by atoms with Crippen molar-refractivity contribution < 1.29 is 4.74 Å². The molecule has 0 saturated carbocycles. The van der Waals surface area contributed by atoms with E-state index in [1.807, 2.05) is 19.1 Å². The van der Waals surface area contributed by atoms with Crippen LogP contribution in [0.15, 0.2) is 29.4 Å². The second-order valence-corrected chi connectivity index (χ2v) is 4.37. The summed E-state index contributed by atoms with van der Waals surface area (Å²) >= 11 is 4.71. The predicted octanol–water partition coefficient (Wildman–Crippen LogP) is 1.51. The molecule has 1 aromatic carbocycles. The summed E-state index contributed by atoms with van der Waals surface area (Å²) in [4.78, 5) is 0. The molecular weight excluding hydrogens is 234 g/mol. The summed E-state index contributed by atoms with van der Waals surface area (Å²) in [5.41, 5.74) is 11.2. The van der Waals surface area contributed by atoms with Crippen LogP contribution in [0.3, 0.4) is 0 Å². The number of thiocarbonyl (C=S) groups is 1. The monoisotopic (exact) mass is 249 g/mol. The molecule has 0 aromatic heterocycles. The van der Waals surface area contributed by atoms with Gasteiger partial charge in [0, 0.05) is 0 Å². The fourth-order valence-electron chi connectivity index (χ4n) is 1.94. The Balaban J connectivity index is 2.23. The zero-order valence-corrected chi connectivity index (χ0v) is 10.5. The molecule has 0 amide bonds. The smallest absolute Gasteiger partial charge is 0.184 e. The molecule has 17 heavy (non-hydrogen) atoms. The van der Waals surface area contributed by atoms with Gasteiger partial charge < -0.3 is 10.5 Å². The van der Waals surface area contributed by atoms with Gasteiger partial charge in [-0.3, -0.25) is 5.43 Å². The number of fused-ring (bicyclic) bond motifs is 1. The number of benzene rings is 1. The van der Waals surface area contributed by atoms with Gasteiger partial charge in [0.2, 0.25) is 0 Å². The molecule has 0 bridgehead atoms. The van der Waals surface area contributed by atoms with Gasteiger partial charge in [-0.15, -0.1) is 0 Å². The molecule has 2 rings (SSSR count). The lowest BCUT2D eigenvalue weighted by atomic mass is 9.95. The van der Waals surface area contributed by atoms with E-state index in [1.54, 1.807) is 0 Å². The van der Waals surface area contributed by atoms with Gasteiger partial charge in [0.15, 0.2) is 5.11 Å². The first-order chi connectivity index (χ1) is 8.18. The molecule has 5 heteroatoms. The standard InChI is InChI=1S/C12H15N3OS/c1-8(14-15-12(13)17)11-10-5-3-2-4-9(10)6-7-16-11/h2-5,11H,6-7H2,1H3,(H3,13,15,17)/b14-8+. The van der Waals surface area contributed by atoms with Gasteiger partial charge in [-0.25, -0.2) is 0 Å². The Morgan fingerprint density at radius 2 is 2.29 bits per heavy atom. The highest BCUT2D eigenvalue weighted by atomic mass is 32.1. The van der Waals surface area contributed by atoms with Crippen molar-refractivity contribution in [1.82, 2.24) is 5.43 Å². The molecule has 90 valence electrons. The Morgan fingerprint density at radius 1 is 1.53 bits per heavy atom. The summed E-state index contributed by atoms with van der Waals surface area (Å²) in [6, 6.07) is 8.24. The largest absolute Gasteiger partial charge is 0.375 e. The van der Waals surface area contributed by atoms with E-state index in [0.717, 1.165) is 12.1 Å². The molecule has 1 atom stereocenters. The Hall–Kier alpha value is -1.46. The second kappa shape index (κ2) is 5.25. The van der Waals surface area contributed by atoms with E-state index in [1.165, 1.54) is 11.1 Å². The lowest BCUT2D eigenvalue weighted by Crippen LogP contribution is -2.28. The number of hydrogen-bond donors (Lipinski definition) is 2. The van der Waals surface area contributed by atoms with Crippen molar-refractivity contribution in [1.29, 1.82) is 0 Å². The first-order valence-corrected chi connectivity index (χ1v) is 5.88. The van der Waals surface area contributed by atoms with Crippen molar-refractivity contribution in [2.45, 2.75) is 19.4 Å². The number of nitrogens with two attached hydrogens (primary N) is 1. The maximum absolute atomic E-state index is 5.74. The van der Waals surface area contributed by atoms with Gasteiger partial charge in [-0.2, -0.15) is 5.10 Å². The van der Waals surface area contributed by atoms with E-state index in [-0.39, 0.29) is 11.2 Å². The van der Waals surface area contributed by atoms with Gasteiger partial charge >= 0.3 is 0 Å². The van der Waals surface area contributed by atoms with E-state index in [9.17, 15) is 0 Å². The van der Waals surface area contributed by atoms with Crippen LogP contribution >= 0.6 is 12.2 Å². The third kappa shape index (κ3) is 2.81. The highest BCUT2D eigenvalue weighted by Crippen LogP contribution is 2.27. The molecule has 1 aromatic rings. The number of nitrogens with one attached hydrogen (secondary N) is 1. The van der Waals surface area contributed by atoms with Crippen LogP contribution in [0.25, 0.3) is 0 Å². The molecule has 1 aliphatic rings. The van der Waals surface area contributed by atoms with Crippen molar-refractivity contribution in [2.75, 3.05) is 6.61 Å². The molecule has 1 aliphatic heterocycles. The minimum Gasteiger partial charge on any atom is -0.375 e. The van der Waals surface area contributed by atoms with Gasteiger partial charge in [0.25, 0.3) is 0 Å². The minimum absolute atomic E-state index is 0.109. The second-order valence-electron chi connectivity index (χ2n) is 3.93. The normalized spacial score (nSPS) is 19.6. The summed E-state index contributed by atoms with van der Waals surface area (Å²) in [5.74, 6) is 0. The molecule has 3 N–H and O–H groups in total. The molecule has 0 fully saturated rings. The molecule has 1 unspecified atom stereocenters. The quantitative estimate of drug-likeness (QED) is 0.474. The van der Waals surface area contributed by atoms with Crippen LogP contribution in [0.5, 0.6) is 0 Å². The SMILES string of the molecule is C/C(=N\NC(N)=S)C1OCCc2ccccc21. The summed E-state index contributed by atoms with van der Waals surface area (Å²) < 4.78 is 5.74. The van der Waals surface area contributed by atoms with Crippen molar-refractivity contribution in [3.8, 4) is 0 Å². The fourth-order valence-corrected chi connectivity index (χ4v) is 1.99. The average molecular weight is 249 g/mol. The lowest BCUT2D eigenvalue weighted by Gasteiger charge is -2.25. The third-order valence-electron chi connectivity index (χ3n) is 2.72. The van der Waals surface area contributed by atoms with Gasteiger partial charge in [0.05, 0.1) is 12.3 Å². The molecule has 0 radical (unpaired) electrons. The molecule has 1 heterocycles. The molecule has 0 saturated heterocycles. The Bertz CT molecular complexity index is 459. The van der Waals surface area contributed by atoms with E-state index < -0.39 is 0 Å². The third-order valence-corrected chi connectivity index (χ3v) is 2.81. The van der Waals surface area contributed by atoms with E-state index >= 15 is 0 Å². The van der Waals surface area contributed by atoms with Crippen LogP contribution in [0, 0.1) is 0 Å². The van der Waals surface area contributed by atoms with Crippen LogP contribution in [-0.4, -0.2) is 17.4 Å². The maximum atomic E-state index is 5.74. The zero-order valence-electron chi connectivity index (χ0n) is 9.64. The number of rotatable bonds is 2. The van der Waals surface area contributed by atoms with Crippen molar-refractivity contribution >= 4 is 23.0 Å². The zero-order chi connectivity index (χ0) is 12.3. The molecule has 0 aliphatic carbocycles. The number of ether oxygens (including phenoxy) is 1.